The van der Waals surface area contributed by atoms with Crippen LogP contribution in [0.5, 0.6) is 0 Å². The third-order valence-corrected chi connectivity index (χ3v) is 3.72. The summed E-state index contributed by atoms with van der Waals surface area (Å²) in [6.07, 6.45) is 1.88. The summed E-state index contributed by atoms with van der Waals surface area (Å²) in [7, 11) is 0. The Labute approximate surface area is 136 Å². The van der Waals surface area contributed by atoms with Gasteiger partial charge in [-0.05, 0) is 17.5 Å². The van der Waals surface area contributed by atoms with Crippen LogP contribution in [-0.2, 0) is 11.2 Å². The molecule has 0 spiro atoms. The second kappa shape index (κ2) is 7.37. The maximum Gasteiger partial charge on any atom is 0.220 e. The SMILES string of the molecule is CC(C)(C)C(O)CNC(=O)CCc1nncn1-c1ccccc1. The first-order valence-corrected chi connectivity index (χ1v) is 7.77. The monoisotopic (exact) mass is 316 g/mol. The molecule has 0 aliphatic heterocycles. The molecule has 2 rings (SSSR count). The van der Waals surface area contributed by atoms with Gasteiger partial charge in [-0.3, -0.25) is 9.36 Å². The van der Waals surface area contributed by atoms with Gasteiger partial charge in [0, 0.05) is 25.1 Å². The third kappa shape index (κ3) is 4.89. The number of carbonyl (C=O) groups excluding carboxylic acids is 1. The van der Waals surface area contributed by atoms with Crippen LogP contribution in [0.4, 0.5) is 0 Å². The molecule has 0 radical (unpaired) electrons. The summed E-state index contributed by atoms with van der Waals surface area (Å²) in [5.41, 5.74) is 0.719. The van der Waals surface area contributed by atoms with Crippen molar-refractivity contribution in [2.45, 2.75) is 39.7 Å². The summed E-state index contributed by atoms with van der Waals surface area (Å²) >= 11 is 0. The number of rotatable bonds is 6. The zero-order valence-corrected chi connectivity index (χ0v) is 13.9. The molecule has 2 N–H and O–H groups in total. The Morgan fingerprint density at radius 1 is 1.30 bits per heavy atom. The van der Waals surface area contributed by atoms with Gasteiger partial charge in [-0.25, -0.2) is 0 Å². The van der Waals surface area contributed by atoms with E-state index in [1.165, 1.54) is 0 Å². The maximum atomic E-state index is 11.9. The van der Waals surface area contributed by atoms with E-state index < -0.39 is 6.10 Å². The van der Waals surface area contributed by atoms with E-state index in [4.69, 9.17) is 0 Å². The van der Waals surface area contributed by atoms with Gasteiger partial charge >= 0.3 is 0 Å². The van der Waals surface area contributed by atoms with E-state index in [-0.39, 0.29) is 17.9 Å². The molecule has 6 heteroatoms. The largest absolute Gasteiger partial charge is 0.391 e. The molecule has 23 heavy (non-hydrogen) atoms. The first-order valence-electron chi connectivity index (χ1n) is 7.77. The first-order chi connectivity index (χ1) is 10.9. The summed E-state index contributed by atoms with van der Waals surface area (Å²) in [6, 6.07) is 9.76. The van der Waals surface area contributed by atoms with E-state index >= 15 is 0 Å². The summed E-state index contributed by atoms with van der Waals surface area (Å²) in [5, 5.41) is 20.7. The molecular formula is C17H24N4O2. The molecule has 0 fully saturated rings. The van der Waals surface area contributed by atoms with Gasteiger partial charge in [0.1, 0.15) is 12.2 Å². The van der Waals surface area contributed by atoms with Gasteiger partial charge in [-0.1, -0.05) is 39.0 Å². The highest BCUT2D eigenvalue weighted by Crippen LogP contribution is 2.18. The van der Waals surface area contributed by atoms with Gasteiger partial charge < -0.3 is 10.4 Å². The van der Waals surface area contributed by atoms with Gasteiger partial charge in [-0.2, -0.15) is 0 Å². The summed E-state index contributed by atoms with van der Waals surface area (Å²) in [4.78, 5) is 11.9. The number of aryl methyl sites for hydroxylation is 1. The number of carbonyl (C=O) groups is 1. The molecule has 0 saturated carbocycles. The van der Waals surface area contributed by atoms with E-state index in [2.05, 4.69) is 15.5 Å². The summed E-state index contributed by atoms with van der Waals surface area (Å²) in [6.45, 7) is 6.07. The molecule has 1 aromatic carbocycles. The van der Waals surface area contributed by atoms with E-state index in [9.17, 15) is 9.90 Å². The van der Waals surface area contributed by atoms with Gasteiger partial charge in [0.2, 0.25) is 5.91 Å². The first kappa shape index (κ1) is 17.1. The van der Waals surface area contributed by atoms with Gasteiger partial charge in [0.05, 0.1) is 6.10 Å². The number of amides is 1. The maximum absolute atomic E-state index is 11.9. The van der Waals surface area contributed by atoms with Crippen molar-refractivity contribution in [3.05, 3.63) is 42.5 Å². The molecule has 1 aromatic heterocycles. The fraction of sp³-hybridized carbons (Fsp3) is 0.471. The average Bonchev–Trinajstić information content (AvgIpc) is 2.99. The van der Waals surface area contributed by atoms with E-state index in [1.807, 2.05) is 55.7 Å². The standard InChI is InChI=1S/C17H24N4O2/c1-17(2,3)14(22)11-18-16(23)10-9-15-20-19-12-21(15)13-7-5-4-6-8-13/h4-8,12,14,22H,9-11H2,1-3H3,(H,18,23). The predicted octanol–water partition coefficient (Wildman–Crippen LogP) is 1.72. The van der Waals surface area contributed by atoms with Crippen molar-refractivity contribution in [1.29, 1.82) is 0 Å². The minimum absolute atomic E-state index is 0.101. The lowest BCUT2D eigenvalue weighted by atomic mass is 9.89. The third-order valence-electron chi connectivity index (χ3n) is 3.72. The smallest absolute Gasteiger partial charge is 0.220 e. The Kier molecular flexibility index (Phi) is 5.50. The van der Waals surface area contributed by atoms with Crippen LogP contribution in [0.2, 0.25) is 0 Å². The van der Waals surface area contributed by atoms with Crippen LogP contribution in [0.3, 0.4) is 0 Å². The van der Waals surface area contributed by atoms with Crippen molar-refractivity contribution in [3.63, 3.8) is 0 Å². The highest BCUT2D eigenvalue weighted by atomic mass is 16.3. The molecule has 1 heterocycles. The van der Waals surface area contributed by atoms with Crippen molar-refractivity contribution >= 4 is 5.91 Å². The Hall–Kier alpha value is -2.21. The number of aliphatic hydroxyl groups excluding tert-OH is 1. The molecule has 0 aliphatic rings. The fourth-order valence-electron chi connectivity index (χ4n) is 2.06. The van der Waals surface area contributed by atoms with E-state index in [0.29, 0.717) is 12.8 Å². The van der Waals surface area contributed by atoms with Crippen LogP contribution in [0, 0.1) is 5.41 Å². The van der Waals surface area contributed by atoms with Crippen LogP contribution in [0.25, 0.3) is 5.69 Å². The average molecular weight is 316 g/mol. The van der Waals surface area contributed by atoms with Crippen molar-refractivity contribution in [2.24, 2.45) is 5.41 Å². The number of hydrogen-bond acceptors (Lipinski definition) is 4. The quantitative estimate of drug-likeness (QED) is 0.850. The fourth-order valence-corrected chi connectivity index (χ4v) is 2.06. The number of para-hydroxylation sites is 1. The number of nitrogens with zero attached hydrogens (tertiary/aromatic N) is 3. The van der Waals surface area contributed by atoms with Crippen molar-refractivity contribution in [2.75, 3.05) is 6.54 Å². The molecule has 0 bridgehead atoms. The Morgan fingerprint density at radius 3 is 2.65 bits per heavy atom. The molecule has 1 amide bonds. The van der Waals surface area contributed by atoms with Crippen molar-refractivity contribution < 1.29 is 9.90 Å². The number of nitrogens with one attached hydrogen (secondary N) is 1. The highest BCUT2D eigenvalue weighted by molar-refractivity contribution is 5.76. The van der Waals surface area contributed by atoms with Gasteiger partial charge in [-0.15, -0.1) is 10.2 Å². The Bertz CT molecular complexity index is 632. The molecule has 124 valence electrons. The molecule has 0 saturated heterocycles. The molecule has 1 atom stereocenters. The van der Waals surface area contributed by atoms with Crippen LogP contribution >= 0.6 is 0 Å². The van der Waals surface area contributed by atoms with Crippen LogP contribution in [0.1, 0.15) is 33.0 Å². The van der Waals surface area contributed by atoms with Crippen LogP contribution < -0.4 is 5.32 Å². The Balaban J connectivity index is 1.88. The second-order valence-corrected chi connectivity index (χ2v) is 6.64. The summed E-state index contributed by atoms with van der Waals surface area (Å²) in [5.74, 6) is 0.638. The summed E-state index contributed by atoms with van der Waals surface area (Å²) < 4.78 is 1.87. The number of hydrogen-bond donors (Lipinski definition) is 2. The van der Waals surface area contributed by atoms with Crippen molar-refractivity contribution in [3.8, 4) is 5.69 Å². The van der Waals surface area contributed by atoms with Crippen molar-refractivity contribution in [1.82, 2.24) is 20.1 Å². The zero-order valence-electron chi connectivity index (χ0n) is 13.9. The van der Waals surface area contributed by atoms with Crippen LogP contribution in [0.15, 0.2) is 36.7 Å². The molecule has 6 nitrogen and oxygen atoms in total. The van der Waals surface area contributed by atoms with E-state index in [0.717, 1.165) is 11.5 Å². The topological polar surface area (TPSA) is 80.0 Å². The minimum atomic E-state index is -0.570. The molecule has 2 aromatic rings. The lowest BCUT2D eigenvalue weighted by molar-refractivity contribution is -0.121. The molecule has 1 unspecified atom stereocenters. The van der Waals surface area contributed by atoms with Gasteiger partial charge in [0.15, 0.2) is 0 Å². The lowest BCUT2D eigenvalue weighted by Crippen LogP contribution is -2.39. The molecule has 0 aliphatic carbocycles. The number of aromatic nitrogens is 3. The van der Waals surface area contributed by atoms with Gasteiger partial charge in [0.25, 0.3) is 0 Å². The van der Waals surface area contributed by atoms with Crippen LogP contribution in [-0.4, -0.2) is 38.4 Å². The zero-order chi connectivity index (χ0) is 16.9. The minimum Gasteiger partial charge on any atom is -0.391 e. The lowest BCUT2D eigenvalue weighted by Gasteiger charge is -2.25. The van der Waals surface area contributed by atoms with E-state index in [1.54, 1.807) is 6.33 Å². The second-order valence-electron chi connectivity index (χ2n) is 6.64. The normalized spacial score (nSPS) is 12.9. The predicted molar refractivity (Wildman–Crippen MR) is 88.2 cm³/mol. The number of benzene rings is 1. The molecular weight excluding hydrogens is 292 g/mol. The highest BCUT2D eigenvalue weighted by Gasteiger charge is 2.22. The Morgan fingerprint density at radius 2 is 2.00 bits per heavy atom. The number of aliphatic hydroxyl groups is 1.